The van der Waals surface area contributed by atoms with Gasteiger partial charge in [-0.15, -0.1) is 12.4 Å². The number of carboxylic acids is 1. The van der Waals surface area contributed by atoms with E-state index in [0.717, 1.165) is 23.3 Å². The quantitative estimate of drug-likeness (QED) is 0.765. The summed E-state index contributed by atoms with van der Waals surface area (Å²) in [7, 11) is 1.81. The number of halogens is 1. The summed E-state index contributed by atoms with van der Waals surface area (Å²) in [5, 5.41) is 17.9. The summed E-state index contributed by atoms with van der Waals surface area (Å²) in [5.74, 6) is -0.0845. The van der Waals surface area contributed by atoms with E-state index in [0.29, 0.717) is 12.2 Å². The summed E-state index contributed by atoms with van der Waals surface area (Å²) < 4.78 is 5.76. The average Bonchev–Trinajstić information content (AvgIpc) is 2.60. The van der Waals surface area contributed by atoms with Gasteiger partial charge in [0.15, 0.2) is 0 Å². The molecule has 2 aromatic carbocycles. The first kappa shape index (κ1) is 21.5. The molecule has 2 rings (SSSR count). The third-order valence-corrected chi connectivity index (χ3v) is 4.12. The number of carboxylic acid groups (broad SMARTS) is 1. The molecule has 0 aliphatic carbocycles. The van der Waals surface area contributed by atoms with Crippen molar-refractivity contribution in [3.05, 3.63) is 65.2 Å². The summed E-state index contributed by atoms with van der Waals surface area (Å²) in [6, 6.07) is 17.4. The maximum Gasteiger partial charge on any atom is 0.317 e. The molecule has 0 saturated heterocycles. The molecular formula is C20H23ClN2O3. The second-order valence-electron chi connectivity index (χ2n) is 6.06. The molecule has 0 bridgehead atoms. The highest BCUT2D eigenvalue weighted by Crippen LogP contribution is 2.17. The van der Waals surface area contributed by atoms with Gasteiger partial charge in [-0.1, -0.05) is 30.3 Å². The van der Waals surface area contributed by atoms with E-state index in [4.69, 9.17) is 15.1 Å². The van der Waals surface area contributed by atoms with Gasteiger partial charge >= 0.3 is 5.97 Å². The summed E-state index contributed by atoms with van der Waals surface area (Å²) in [4.78, 5) is 12.6. The maximum atomic E-state index is 10.8. The molecular weight excluding hydrogens is 352 g/mol. The molecule has 0 amide bonds. The van der Waals surface area contributed by atoms with Crippen LogP contribution in [-0.4, -0.2) is 35.6 Å². The molecule has 0 radical (unpaired) electrons. The number of ether oxygens (including phenoxy) is 1. The fraction of sp³-hybridized carbons (Fsp3) is 0.300. The highest BCUT2D eigenvalue weighted by atomic mass is 35.5. The van der Waals surface area contributed by atoms with Gasteiger partial charge in [-0.25, -0.2) is 0 Å². The van der Waals surface area contributed by atoms with E-state index in [1.165, 1.54) is 0 Å². The molecule has 26 heavy (non-hydrogen) atoms. The standard InChI is InChI=1S/C20H22N2O3.ClH/c1-15(22(2)13-20(23)24)11-16-7-9-19(10-8-16)25-14-18-6-4-3-5-17(18)12-21;/h3-10,15H,11,13-14H2,1-2H3,(H,23,24);1H/t15-;/m1./s1. The van der Waals surface area contributed by atoms with Crippen molar-refractivity contribution in [3.8, 4) is 11.8 Å². The molecule has 1 N–H and O–H groups in total. The topological polar surface area (TPSA) is 73.6 Å². The van der Waals surface area contributed by atoms with E-state index in [9.17, 15) is 4.79 Å². The van der Waals surface area contributed by atoms with E-state index in [1.807, 2.05) is 61.3 Å². The zero-order chi connectivity index (χ0) is 18.2. The Morgan fingerprint density at radius 3 is 2.50 bits per heavy atom. The maximum absolute atomic E-state index is 10.8. The Morgan fingerprint density at radius 2 is 1.88 bits per heavy atom. The lowest BCUT2D eigenvalue weighted by Crippen LogP contribution is -2.35. The smallest absolute Gasteiger partial charge is 0.317 e. The zero-order valence-electron chi connectivity index (χ0n) is 14.9. The predicted octanol–water partition coefficient (Wildman–Crippen LogP) is 3.51. The van der Waals surface area contributed by atoms with Crippen molar-refractivity contribution in [3.63, 3.8) is 0 Å². The van der Waals surface area contributed by atoms with E-state index in [1.54, 1.807) is 6.07 Å². The first-order valence-corrected chi connectivity index (χ1v) is 8.11. The van der Waals surface area contributed by atoms with Crippen LogP contribution in [0.2, 0.25) is 0 Å². The van der Waals surface area contributed by atoms with E-state index in [-0.39, 0.29) is 25.0 Å². The van der Waals surface area contributed by atoms with Crippen LogP contribution in [0, 0.1) is 11.3 Å². The first-order valence-electron chi connectivity index (χ1n) is 8.11. The zero-order valence-corrected chi connectivity index (χ0v) is 15.7. The highest BCUT2D eigenvalue weighted by Gasteiger charge is 2.13. The van der Waals surface area contributed by atoms with Gasteiger partial charge in [0.2, 0.25) is 0 Å². The second-order valence-corrected chi connectivity index (χ2v) is 6.06. The summed E-state index contributed by atoms with van der Waals surface area (Å²) in [5.41, 5.74) is 2.60. The molecule has 0 saturated carbocycles. The lowest BCUT2D eigenvalue weighted by Gasteiger charge is -2.22. The molecule has 5 nitrogen and oxygen atoms in total. The number of nitrogens with zero attached hydrogens (tertiary/aromatic N) is 2. The Bertz CT molecular complexity index is 756. The third kappa shape index (κ3) is 6.40. The number of aliphatic carboxylic acids is 1. The van der Waals surface area contributed by atoms with Crippen molar-refractivity contribution in [1.29, 1.82) is 5.26 Å². The van der Waals surface area contributed by atoms with Crippen molar-refractivity contribution < 1.29 is 14.6 Å². The fourth-order valence-electron chi connectivity index (χ4n) is 2.50. The molecule has 0 aliphatic heterocycles. The van der Waals surface area contributed by atoms with Crippen LogP contribution < -0.4 is 4.74 Å². The van der Waals surface area contributed by atoms with Crippen LogP contribution in [0.4, 0.5) is 0 Å². The van der Waals surface area contributed by atoms with Gasteiger partial charge < -0.3 is 9.84 Å². The van der Waals surface area contributed by atoms with Crippen LogP contribution in [0.3, 0.4) is 0 Å². The summed E-state index contributed by atoms with van der Waals surface area (Å²) >= 11 is 0. The fourth-order valence-corrected chi connectivity index (χ4v) is 2.50. The minimum absolute atomic E-state index is 0. The summed E-state index contributed by atoms with van der Waals surface area (Å²) in [6.45, 7) is 2.38. The van der Waals surface area contributed by atoms with Crippen molar-refractivity contribution in [2.75, 3.05) is 13.6 Å². The summed E-state index contributed by atoms with van der Waals surface area (Å²) in [6.07, 6.45) is 0.765. The number of likely N-dealkylation sites (N-methyl/N-ethyl adjacent to an activating group) is 1. The molecule has 1 atom stereocenters. The molecule has 0 heterocycles. The Morgan fingerprint density at radius 1 is 1.23 bits per heavy atom. The Balaban J connectivity index is 0.00000338. The van der Waals surface area contributed by atoms with Crippen LogP contribution in [0.25, 0.3) is 0 Å². The minimum atomic E-state index is -0.823. The molecule has 6 heteroatoms. The number of carbonyl (C=O) groups is 1. The monoisotopic (exact) mass is 374 g/mol. The van der Waals surface area contributed by atoms with E-state index in [2.05, 4.69) is 6.07 Å². The number of nitriles is 1. The third-order valence-electron chi connectivity index (χ3n) is 4.12. The van der Waals surface area contributed by atoms with Crippen LogP contribution in [0.5, 0.6) is 5.75 Å². The van der Waals surface area contributed by atoms with Crippen molar-refractivity contribution in [2.24, 2.45) is 0 Å². The molecule has 138 valence electrons. The number of benzene rings is 2. The highest BCUT2D eigenvalue weighted by molar-refractivity contribution is 5.85. The van der Waals surface area contributed by atoms with Crippen molar-refractivity contribution in [2.45, 2.75) is 26.0 Å². The van der Waals surface area contributed by atoms with Crippen molar-refractivity contribution in [1.82, 2.24) is 4.90 Å². The molecule has 0 aromatic heterocycles. The molecule has 0 aliphatic rings. The van der Waals surface area contributed by atoms with Crippen LogP contribution in [-0.2, 0) is 17.8 Å². The SMILES string of the molecule is C[C@H](Cc1ccc(OCc2ccccc2C#N)cc1)N(C)CC(=O)O.Cl. The lowest BCUT2D eigenvalue weighted by molar-refractivity contribution is -0.138. The first-order chi connectivity index (χ1) is 12.0. The minimum Gasteiger partial charge on any atom is -0.489 e. The number of hydrogen-bond acceptors (Lipinski definition) is 4. The predicted molar refractivity (Wildman–Crippen MR) is 103 cm³/mol. The van der Waals surface area contributed by atoms with E-state index < -0.39 is 5.97 Å². The molecule has 0 unspecified atom stereocenters. The Kier molecular flexibility index (Phi) is 8.63. The van der Waals surface area contributed by atoms with Gasteiger partial charge in [-0.3, -0.25) is 9.69 Å². The average molecular weight is 375 g/mol. The van der Waals surface area contributed by atoms with E-state index >= 15 is 0 Å². The van der Waals surface area contributed by atoms with Gasteiger partial charge in [0.25, 0.3) is 0 Å². The van der Waals surface area contributed by atoms with Gasteiger partial charge in [0.1, 0.15) is 12.4 Å². The largest absolute Gasteiger partial charge is 0.489 e. The molecule has 2 aromatic rings. The van der Waals surface area contributed by atoms with Crippen LogP contribution in [0.1, 0.15) is 23.6 Å². The molecule has 0 fully saturated rings. The second kappa shape index (κ2) is 10.4. The van der Waals surface area contributed by atoms with Crippen molar-refractivity contribution >= 4 is 18.4 Å². The Labute approximate surface area is 160 Å². The van der Waals surface area contributed by atoms with Gasteiger partial charge in [0, 0.05) is 11.6 Å². The van der Waals surface area contributed by atoms with Gasteiger partial charge in [0.05, 0.1) is 18.2 Å². The number of rotatable bonds is 8. The lowest BCUT2D eigenvalue weighted by atomic mass is 10.1. The Hall–Kier alpha value is -2.55. The van der Waals surface area contributed by atoms with Crippen LogP contribution >= 0.6 is 12.4 Å². The molecule has 0 spiro atoms. The number of hydrogen-bond donors (Lipinski definition) is 1. The van der Waals surface area contributed by atoms with Gasteiger partial charge in [-0.05, 0) is 44.2 Å². The van der Waals surface area contributed by atoms with Crippen LogP contribution in [0.15, 0.2) is 48.5 Å². The van der Waals surface area contributed by atoms with Gasteiger partial charge in [-0.2, -0.15) is 5.26 Å². The normalized spacial score (nSPS) is 11.3.